The Hall–Kier alpha value is -0.00610. The predicted molar refractivity (Wildman–Crippen MR) is 65.5 cm³/mol. The number of aliphatic imine (C=N–C) groups is 1. The second-order valence-electron chi connectivity index (χ2n) is 3.59. The molecule has 1 nitrogen and oxygen atoms in total. The molecule has 0 bridgehead atoms. The summed E-state index contributed by atoms with van der Waals surface area (Å²) in [6.07, 6.45) is 1.84. The maximum Gasteiger partial charge on any atom is 0.0657 e. The molecule has 81 valence electrons. The van der Waals surface area contributed by atoms with E-state index in [1.54, 1.807) is 0 Å². The zero-order valence-electron chi connectivity index (χ0n) is 10.4. The van der Waals surface area contributed by atoms with Crippen LogP contribution in [0.5, 0.6) is 0 Å². The number of aryl methyl sites for hydroxylation is 1. The molecule has 0 heterocycles. The van der Waals surface area contributed by atoms with Gasteiger partial charge in [-0.25, -0.2) is 0 Å². The first kappa shape index (κ1) is 17.4. The third kappa shape index (κ3) is 5.04. The van der Waals surface area contributed by atoms with Crippen molar-refractivity contribution in [2.24, 2.45) is 4.99 Å². The van der Waals surface area contributed by atoms with Crippen molar-refractivity contribution in [2.75, 3.05) is 0 Å². The second kappa shape index (κ2) is 8.18. The quantitative estimate of drug-likeness (QED) is 0.565. The van der Waals surface area contributed by atoms with Gasteiger partial charge in [-0.2, -0.15) is 0 Å². The first-order chi connectivity index (χ1) is 6.15. The van der Waals surface area contributed by atoms with Crippen LogP contribution < -0.4 is 0 Å². The number of nitrogens with zero attached hydrogens (tertiary/aromatic N) is 1. The molecule has 0 aliphatic heterocycles. The van der Waals surface area contributed by atoms with Gasteiger partial charge in [-0.05, 0) is 37.0 Å². The normalized spacial score (nSPS) is 9.93. The molecule has 0 aromatic heterocycles. The van der Waals surface area contributed by atoms with Crippen molar-refractivity contribution in [3.8, 4) is 0 Å². The fourth-order valence-electron chi connectivity index (χ4n) is 1.26. The van der Waals surface area contributed by atoms with Crippen LogP contribution in [0.25, 0.3) is 0 Å². The Bertz CT molecular complexity index is 316. The topological polar surface area (TPSA) is 12.4 Å². The molecule has 0 aliphatic rings. The molecule has 0 unspecified atom stereocenters. The Morgan fingerprint density at radius 3 is 2.33 bits per heavy atom. The van der Waals surface area contributed by atoms with Crippen molar-refractivity contribution in [3.63, 3.8) is 0 Å². The van der Waals surface area contributed by atoms with E-state index in [1.165, 1.54) is 11.1 Å². The maximum atomic E-state index is 4.32. The number of benzene rings is 1. The van der Waals surface area contributed by atoms with Gasteiger partial charge in [0.15, 0.2) is 0 Å². The Morgan fingerprint density at radius 1 is 1.27 bits per heavy atom. The van der Waals surface area contributed by atoms with Crippen LogP contribution in [0.2, 0.25) is 0 Å². The zero-order valence-corrected chi connectivity index (χ0v) is 13.2. The van der Waals surface area contributed by atoms with E-state index in [0.29, 0.717) is 5.92 Å². The maximum absolute atomic E-state index is 4.32. The van der Waals surface area contributed by atoms with Gasteiger partial charge in [-0.3, -0.25) is 4.99 Å². The molecule has 0 saturated carbocycles. The molecular weight excluding hydrogens is 259 g/mol. The summed E-state index contributed by atoms with van der Waals surface area (Å²) >= 11 is 0. The molecule has 15 heavy (non-hydrogen) atoms. The molecule has 2 heteroatoms. The van der Waals surface area contributed by atoms with E-state index in [-0.39, 0.29) is 40.1 Å². The Balaban J connectivity index is 0. The predicted octanol–water partition coefficient (Wildman–Crippen LogP) is 4.29. The molecule has 0 fully saturated rings. The summed E-state index contributed by atoms with van der Waals surface area (Å²) in [6, 6.07) is 6.48. The Morgan fingerprint density at radius 2 is 1.87 bits per heavy atom. The van der Waals surface area contributed by atoms with Crippen LogP contribution in [-0.4, -0.2) is 6.21 Å². The molecule has 1 aromatic carbocycles. The minimum atomic E-state index is 0. The molecule has 1 rings (SSSR count). The van der Waals surface area contributed by atoms with Gasteiger partial charge in [0, 0.05) is 38.9 Å². The summed E-state index contributed by atoms with van der Waals surface area (Å²) in [7, 11) is 0. The summed E-state index contributed by atoms with van der Waals surface area (Å²) in [5.41, 5.74) is 3.68. The van der Waals surface area contributed by atoms with E-state index < -0.39 is 0 Å². The van der Waals surface area contributed by atoms with Gasteiger partial charge in [0.1, 0.15) is 0 Å². The molecule has 1 radical (unpaired) electrons. The summed E-state index contributed by atoms with van der Waals surface area (Å²) in [6.45, 7) is 8.43. The number of rotatable bonds is 2. The monoisotopic (exact) mass is 279 g/mol. The van der Waals surface area contributed by atoms with Gasteiger partial charge in [-0.15, -0.1) is 0 Å². The Labute approximate surface area is 119 Å². The largest absolute Gasteiger partial charge is 0.358 e. The van der Waals surface area contributed by atoms with E-state index in [9.17, 15) is 0 Å². The van der Waals surface area contributed by atoms with Gasteiger partial charge in [0.25, 0.3) is 0 Å². The van der Waals surface area contributed by atoms with Crippen LogP contribution in [0.3, 0.4) is 0 Å². The van der Waals surface area contributed by atoms with Crippen LogP contribution in [0.4, 0.5) is 5.69 Å². The third-order valence-corrected chi connectivity index (χ3v) is 2.17. The molecule has 1 aromatic rings. The second-order valence-corrected chi connectivity index (χ2v) is 3.59. The van der Waals surface area contributed by atoms with Crippen molar-refractivity contribution in [1.82, 2.24) is 0 Å². The van der Waals surface area contributed by atoms with E-state index in [0.717, 1.165) is 5.69 Å². The van der Waals surface area contributed by atoms with E-state index in [1.807, 2.05) is 13.1 Å². The Kier molecular flexibility index (Phi) is 9.49. The SMILES string of the molecule is CC=Nc1cc(C(C)C)ccc1C.[CH3-].[Y]. The van der Waals surface area contributed by atoms with Crippen LogP contribution in [-0.2, 0) is 32.7 Å². The fraction of sp³-hybridized carbons (Fsp3) is 0.385. The van der Waals surface area contributed by atoms with Crippen molar-refractivity contribution >= 4 is 11.9 Å². The smallest absolute Gasteiger partial charge is 0.0657 e. The summed E-state index contributed by atoms with van der Waals surface area (Å²) in [5.74, 6) is 0.575. The summed E-state index contributed by atoms with van der Waals surface area (Å²) < 4.78 is 0. The molecule has 0 spiro atoms. The molecular formula is C13H20NY-. The van der Waals surface area contributed by atoms with Crippen molar-refractivity contribution in [3.05, 3.63) is 36.8 Å². The van der Waals surface area contributed by atoms with Gasteiger partial charge in [0.05, 0.1) is 5.69 Å². The first-order valence-electron chi connectivity index (χ1n) is 4.74. The zero-order chi connectivity index (χ0) is 9.84. The van der Waals surface area contributed by atoms with Gasteiger partial charge in [0.2, 0.25) is 0 Å². The summed E-state index contributed by atoms with van der Waals surface area (Å²) in [5, 5.41) is 0. The standard InChI is InChI=1S/C12H17N.CH3.Y/c1-5-13-12-8-11(9(2)3)7-6-10(12)4;;/h5-9H,1-4H3;1H3;/q;-1;. The van der Waals surface area contributed by atoms with Crippen LogP contribution in [0.1, 0.15) is 37.8 Å². The number of hydrogen-bond acceptors (Lipinski definition) is 1. The van der Waals surface area contributed by atoms with E-state index >= 15 is 0 Å². The van der Waals surface area contributed by atoms with Crippen LogP contribution in [0, 0.1) is 14.4 Å². The molecule has 0 N–H and O–H groups in total. The third-order valence-electron chi connectivity index (χ3n) is 2.17. The van der Waals surface area contributed by atoms with Crippen LogP contribution >= 0.6 is 0 Å². The van der Waals surface area contributed by atoms with Crippen molar-refractivity contribution in [1.29, 1.82) is 0 Å². The molecule has 0 amide bonds. The molecule has 0 atom stereocenters. The van der Waals surface area contributed by atoms with E-state index in [4.69, 9.17) is 0 Å². The van der Waals surface area contributed by atoms with Gasteiger partial charge >= 0.3 is 0 Å². The van der Waals surface area contributed by atoms with Crippen molar-refractivity contribution < 1.29 is 32.7 Å². The number of hydrogen-bond donors (Lipinski definition) is 0. The van der Waals surface area contributed by atoms with E-state index in [2.05, 4.69) is 44.0 Å². The average Bonchev–Trinajstić information content (AvgIpc) is 2.08. The summed E-state index contributed by atoms with van der Waals surface area (Å²) in [4.78, 5) is 4.32. The minimum absolute atomic E-state index is 0. The van der Waals surface area contributed by atoms with Crippen LogP contribution in [0.15, 0.2) is 23.2 Å². The fourth-order valence-corrected chi connectivity index (χ4v) is 1.26. The van der Waals surface area contributed by atoms with Crippen molar-refractivity contribution in [2.45, 2.75) is 33.6 Å². The molecule has 0 saturated heterocycles. The van der Waals surface area contributed by atoms with Gasteiger partial charge < -0.3 is 7.43 Å². The minimum Gasteiger partial charge on any atom is -0.358 e. The van der Waals surface area contributed by atoms with Gasteiger partial charge in [-0.1, -0.05) is 26.0 Å². The molecule has 0 aliphatic carbocycles. The first-order valence-corrected chi connectivity index (χ1v) is 4.74. The average molecular weight is 279 g/mol.